The highest BCUT2D eigenvalue weighted by Gasteiger charge is 2.33. The van der Waals surface area contributed by atoms with Gasteiger partial charge in [-0.1, -0.05) is 30.3 Å². The number of para-hydroxylation sites is 2. The SMILES string of the molecule is C=CCN1CC(c2nc3ccccc3n2CCCOc2cccc(C)c2C)CC1=O. The van der Waals surface area contributed by atoms with Crippen molar-refractivity contribution in [1.29, 1.82) is 0 Å². The summed E-state index contributed by atoms with van der Waals surface area (Å²) in [7, 11) is 0. The Morgan fingerprint density at radius 1 is 1.20 bits per heavy atom. The van der Waals surface area contributed by atoms with Crippen molar-refractivity contribution in [2.45, 2.75) is 39.2 Å². The van der Waals surface area contributed by atoms with Crippen LogP contribution in [0.15, 0.2) is 55.1 Å². The summed E-state index contributed by atoms with van der Waals surface area (Å²) in [5.41, 5.74) is 4.54. The Hall–Kier alpha value is -3.08. The standard InChI is InChI=1S/C25H29N3O2/c1-4-13-27-17-20(16-24(27)29)25-26-21-10-5-6-11-22(21)28(25)14-8-15-30-23-12-7-9-18(2)19(23)3/h4-7,9-12,20H,1,8,13-17H2,2-3H3. The first kappa shape index (κ1) is 20.2. The van der Waals surface area contributed by atoms with Crippen LogP contribution in [0, 0.1) is 13.8 Å². The second-order valence-electron chi connectivity index (χ2n) is 8.00. The van der Waals surface area contributed by atoms with E-state index in [-0.39, 0.29) is 11.8 Å². The number of benzene rings is 2. The average Bonchev–Trinajstić information content (AvgIpc) is 3.29. The third-order valence-corrected chi connectivity index (χ3v) is 5.95. The Labute approximate surface area is 178 Å². The van der Waals surface area contributed by atoms with Crippen LogP contribution < -0.4 is 4.74 Å². The van der Waals surface area contributed by atoms with Gasteiger partial charge >= 0.3 is 0 Å². The van der Waals surface area contributed by atoms with Crippen LogP contribution in [0.1, 0.15) is 35.7 Å². The normalized spacial score (nSPS) is 16.4. The number of likely N-dealkylation sites (tertiary alicyclic amines) is 1. The zero-order valence-electron chi connectivity index (χ0n) is 17.8. The summed E-state index contributed by atoms with van der Waals surface area (Å²) < 4.78 is 8.33. The minimum absolute atomic E-state index is 0.116. The molecule has 0 bridgehead atoms. The van der Waals surface area contributed by atoms with Crippen molar-refractivity contribution in [3.05, 3.63) is 72.1 Å². The minimum Gasteiger partial charge on any atom is -0.493 e. The molecule has 1 amide bonds. The molecule has 0 aliphatic carbocycles. The van der Waals surface area contributed by atoms with Gasteiger partial charge in [0.1, 0.15) is 11.6 Å². The van der Waals surface area contributed by atoms with Crippen LogP contribution in [0.25, 0.3) is 11.0 Å². The number of amides is 1. The molecule has 1 fully saturated rings. The van der Waals surface area contributed by atoms with E-state index in [4.69, 9.17) is 9.72 Å². The first-order valence-corrected chi connectivity index (χ1v) is 10.6. The molecule has 3 aromatic rings. The number of aromatic nitrogens is 2. The fourth-order valence-electron chi connectivity index (χ4n) is 4.20. The van der Waals surface area contributed by atoms with Gasteiger partial charge in [0, 0.05) is 32.0 Å². The molecule has 5 heteroatoms. The fourth-order valence-corrected chi connectivity index (χ4v) is 4.20. The highest BCUT2D eigenvalue weighted by Crippen LogP contribution is 2.30. The van der Waals surface area contributed by atoms with Crippen molar-refractivity contribution >= 4 is 16.9 Å². The van der Waals surface area contributed by atoms with Crippen LogP contribution in [0.4, 0.5) is 0 Å². The quantitative estimate of drug-likeness (QED) is 0.407. The van der Waals surface area contributed by atoms with Crippen LogP contribution in [-0.4, -0.2) is 40.1 Å². The Morgan fingerprint density at radius 2 is 2.03 bits per heavy atom. The summed E-state index contributed by atoms with van der Waals surface area (Å²) in [5, 5.41) is 0. The number of aryl methyl sites for hydroxylation is 2. The van der Waals surface area contributed by atoms with Crippen LogP contribution in [-0.2, 0) is 11.3 Å². The van der Waals surface area contributed by atoms with E-state index in [1.165, 1.54) is 11.1 Å². The van der Waals surface area contributed by atoms with Crippen molar-refractivity contribution < 1.29 is 9.53 Å². The van der Waals surface area contributed by atoms with Crippen LogP contribution >= 0.6 is 0 Å². The average molecular weight is 404 g/mol. The molecule has 2 heterocycles. The van der Waals surface area contributed by atoms with Crippen molar-refractivity contribution in [3.63, 3.8) is 0 Å². The zero-order valence-corrected chi connectivity index (χ0v) is 17.8. The molecule has 2 aromatic carbocycles. The number of ether oxygens (including phenoxy) is 1. The maximum atomic E-state index is 12.4. The summed E-state index contributed by atoms with van der Waals surface area (Å²) in [6.45, 7) is 10.7. The van der Waals surface area contributed by atoms with Crippen molar-refractivity contribution in [1.82, 2.24) is 14.5 Å². The number of nitrogens with zero attached hydrogens (tertiary/aromatic N) is 3. The van der Waals surface area contributed by atoms with E-state index in [1.807, 2.05) is 35.2 Å². The van der Waals surface area contributed by atoms with Crippen LogP contribution in [0.3, 0.4) is 0 Å². The molecule has 30 heavy (non-hydrogen) atoms. The molecule has 1 aliphatic heterocycles. The third-order valence-electron chi connectivity index (χ3n) is 5.95. The molecule has 0 spiro atoms. The van der Waals surface area contributed by atoms with Gasteiger partial charge in [0.25, 0.3) is 0 Å². The molecule has 156 valence electrons. The molecule has 0 radical (unpaired) electrons. The second-order valence-corrected chi connectivity index (χ2v) is 8.00. The maximum absolute atomic E-state index is 12.4. The molecule has 0 N–H and O–H groups in total. The van der Waals surface area contributed by atoms with Crippen LogP contribution in [0.5, 0.6) is 5.75 Å². The molecule has 1 aromatic heterocycles. The molecule has 1 saturated heterocycles. The largest absolute Gasteiger partial charge is 0.493 e. The third kappa shape index (κ3) is 3.97. The van der Waals surface area contributed by atoms with Crippen molar-refractivity contribution in [2.24, 2.45) is 0 Å². The van der Waals surface area contributed by atoms with E-state index in [9.17, 15) is 4.79 Å². The van der Waals surface area contributed by atoms with E-state index in [2.05, 4.69) is 37.1 Å². The maximum Gasteiger partial charge on any atom is 0.223 e. The van der Waals surface area contributed by atoms with E-state index in [1.54, 1.807) is 6.08 Å². The summed E-state index contributed by atoms with van der Waals surface area (Å²) >= 11 is 0. The minimum atomic E-state index is 0.116. The number of hydrogen-bond acceptors (Lipinski definition) is 3. The van der Waals surface area contributed by atoms with Gasteiger partial charge in [-0.05, 0) is 49.6 Å². The lowest BCUT2D eigenvalue weighted by atomic mass is 10.1. The van der Waals surface area contributed by atoms with E-state index >= 15 is 0 Å². The Balaban J connectivity index is 1.50. The smallest absolute Gasteiger partial charge is 0.223 e. The van der Waals surface area contributed by atoms with E-state index in [0.717, 1.165) is 35.6 Å². The Morgan fingerprint density at radius 3 is 2.87 bits per heavy atom. The first-order valence-electron chi connectivity index (χ1n) is 10.6. The van der Waals surface area contributed by atoms with Gasteiger partial charge < -0.3 is 14.2 Å². The molecule has 1 unspecified atom stereocenters. The molecule has 1 atom stereocenters. The molecule has 0 saturated carbocycles. The number of fused-ring (bicyclic) bond motifs is 1. The molecule has 4 rings (SSSR count). The Bertz CT molecular complexity index is 1070. The molecular weight excluding hydrogens is 374 g/mol. The molecular formula is C25H29N3O2. The number of hydrogen-bond donors (Lipinski definition) is 0. The van der Waals surface area contributed by atoms with Gasteiger partial charge in [-0.25, -0.2) is 4.98 Å². The number of carbonyl (C=O) groups is 1. The monoisotopic (exact) mass is 403 g/mol. The number of rotatable bonds is 8. The lowest BCUT2D eigenvalue weighted by Crippen LogP contribution is -2.25. The lowest BCUT2D eigenvalue weighted by molar-refractivity contribution is -0.127. The van der Waals surface area contributed by atoms with E-state index in [0.29, 0.717) is 26.1 Å². The van der Waals surface area contributed by atoms with Crippen molar-refractivity contribution in [3.8, 4) is 5.75 Å². The first-order chi connectivity index (χ1) is 14.6. The van der Waals surface area contributed by atoms with Crippen LogP contribution in [0.2, 0.25) is 0 Å². The summed E-state index contributed by atoms with van der Waals surface area (Å²) in [5.74, 6) is 2.25. The predicted octanol–water partition coefficient (Wildman–Crippen LogP) is 4.62. The summed E-state index contributed by atoms with van der Waals surface area (Å²) in [4.78, 5) is 19.1. The molecule has 1 aliphatic rings. The van der Waals surface area contributed by atoms with Gasteiger partial charge in [0.05, 0.1) is 17.6 Å². The van der Waals surface area contributed by atoms with Gasteiger partial charge in [-0.3, -0.25) is 4.79 Å². The van der Waals surface area contributed by atoms with Gasteiger partial charge in [0.2, 0.25) is 5.91 Å². The second kappa shape index (κ2) is 8.74. The fraction of sp³-hybridized carbons (Fsp3) is 0.360. The van der Waals surface area contributed by atoms with Gasteiger partial charge in [-0.2, -0.15) is 0 Å². The Kier molecular flexibility index (Phi) is 5.88. The number of carbonyl (C=O) groups excluding carboxylic acids is 1. The zero-order chi connectivity index (χ0) is 21.1. The van der Waals surface area contributed by atoms with Gasteiger partial charge in [0.15, 0.2) is 0 Å². The highest BCUT2D eigenvalue weighted by atomic mass is 16.5. The van der Waals surface area contributed by atoms with E-state index < -0.39 is 0 Å². The topological polar surface area (TPSA) is 47.4 Å². The molecule has 5 nitrogen and oxygen atoms in total. The number of imidazole rings is 1. The lowest BCUT2D eigenvalue weighted by Gasteiger charge is -2.16. The summed E-state index contributed by atoms with van der Waals surface area (Å²) in [6.07, 6.45) is 3.17. The van der Waals surface area contributed by atoms with Crippen molar-refractivity contribution in [2.75, 3.05) is 19.7 Å². The van der Waals surface area contributed by atoms with Gasteiger partial charge in [-0.15, -0.1) is 6.58 Å². The summed E-state index contributed by atoms with van der Waals surface area (Å²) in [6, 6.07) is 14.4. The highest BCUT2D eigenvalue weighted by molar-refractivity contribution is 5.81. The predicted molar refractivity (Wildman–Crippen MR) is 120 cm³/mol.